The van der Waals surface area contributed by atoms with Gasteiger partial charge in [0, 0.05) is 19.5 Å². The van der Waals surface area contributed by atoms with Crippen LogP contribution in [-0.4, -0.2) is 48.4 Å². The van der Waals surface area contributed by atoms with Gasteiger partial charge in [-0.25, -0.2) is 4.98 Å². The predicted molar refractivity (Wildman–Crippen MR) is 93.6 cm³/mol. The van der Waals surface area contributed by atoms with Crippen LogP contribution in [0.15, 0.2) is 0 Å². The van der Waals surface area contributed by atoms with Gasteiger partial charge in [0.1, 0.15) is 4.88 Å². The van der Waals surface area contributed by atoms with Crippen molar-refractivity contribution in [1.82, 2.24) is 15.6 Å². The number of amides is 2. The maximum absolute atomic E-state index is 12.1. The number of anilines is 1. The summed E-state index contributed by atoms with van der Waals surface area (Å²) in [6, 6.07) is 0. The fourth-order valence-corrected chi connectivity index (χ4v) is 2.67. The molecule has 0 unspecified atom stereocenters. The van der Waals surface area contributed by atoms with E-state index in [1.807, 2.05) is 0 Å². The highest BCUT2D eigenvalue weighted by Crippen LogP contribution is 2.22. The maximum Gasteiger partial charge on any atom is 0.307 e. The summed E-state index contributed by atoms with van der Waals surface area (Å²) in [7, 11) is 0. The number of aryl methyl sites for hydroxylation is 1. The minimum Gasteiger partial charge on any atom is -0.466 e. The molecule has 1 aromatic heterocycles. The van der Waals surface area contributed by atoms with Gasteiger partial charge in [-0.2, -0.15) is 0 Å². The van der Waals surface area contributed by atoms with Gasteiger partial charge in [0.15, 0.2) is 11.1 Å². The molecule has 138 valence electrons. The topological polar surface area (TPSA) is 159 Å². The molecule has 0 aliphatic carbocycles. The van der Waals surface area contributed by atoms with E-state index in [4.69, 9.17) is 15.9 Å². The molecule has 1 aromatic rings. The molecule has 1 rings (SSSR count). The third kappa shape index (κ3) is 7.61. The predicted octanol–water partition coefficient (Wildman–Crippen LogP) is -0.0538. The molecule has 6 N–H and O–H groups in total. The number of rotatable bonds is 9. The number of carbonyl (C=O) groups is 3. The van der Waals surface area contributed by atoms with Crippen LogP contribution in [0.25, 0.3) is 0 Å². The van der Waals surface area contributed by atoms with Crippen molar-refractivity contribution >= 4 is 40.2 Å². The Hall–Kier alpha value is -2.69. The van der Waals surface area contributed by atoms with Gasteiger partial charge in [0.05, 0.1) is 18.7 Å². The van der Waals surface area contributed by atoms with E-state index in [9.17, 15) is 14.4 Å². The van der Waals surface area contributed by atoms with Crippen molar-refractivity contribution in [2.24, 2.45) is 5.73 Å². The first-order valence-corrected chi connectivity index (χ1v) is 8.44. The first-order valence-electron chi connectivity index (χ1n) is 7.62. The zero-order chi connectivity index (χ0) is 18.8. The summed E-state index contributed by atoms with van der Waals surface area (Å²) >= 11 is 1.07. The van der Waals surface area contributed by atoms with Gasteiger partial charge in [0.2, 0.25) is 5.91 Å². The molecule has 2 amide bonds. The van der Waals surface area contributed by atoms with E-state index in [0.717, 1.165) is 11.3 Å². The second-order valence-corrected chi connectivity index (χ2v) is 5.88. The molecule has 10 nitrogen and oxygen atoms in total. The minimum absolute atomic E-state index is 0.0883. The molecule has 0 aromatic carbocycles. The maximum atomic E-state index is 12.1. The fourth-order valence-electron chi connectivity index (χ4n) is 1.77. The van der Waals surface area contributed by atoms with Crippen molar-refractivity contribution in [2.75, 3.05) is 25.0 Å². The number of carbonyl (C=O) groups excluding carboxylic acids is 3. The van der Waals surface area contributed by atoms with Crippen molar-refractivity contribution in [2.45, 2.75) is 26.7 Å². The Bertz CT molecular complexity index is 645. The van der Waals surface area contributed by atoms with Gasteiger partial charge < -0.3 is 26.4 Å². The standard InChI is InChI=1S/C14H22N6O4S/c1-3-24-10(22)5-7-17-9(21)4-6-18-12(23)11-8(2)19-14(25-11)20-13(15)16/h3-7H2,1-2H3,(H,17,21)(H,18,23)(H4,15,16,19,20). The number of ether oxygens (including phenoxy) is 1. The smallest absolute Gasteiger partial charge is 0.307 e. The summed E-state index contributed by atoms with van der Waals surface area (Å²) in [5.74, 6) is -1.26. The number of nitrogens with two attached hydrogens (primary N) is 1. The van der Waals surface area contributed by atoms with Crippen molar-refractivity contribution < 1.29 is 19.1 Å². The van der Waals surface area contributed by atoms with E-state index in [-0.39, 0.29) is 49.7 Å². The average molecular weight is 370 g/mol. The van der Waals surface area contributed by atoms with Gasteiger partial charge in [-0.05, 0) is 13.8 Å². The number of nitrogens with zero attached hydrogens (tertiary/aromatic N) is 1. The number of aromatic nitrogens is 1. The summed E-state index contributed by atoms with van der Waals surface area (Å²) in [5.41, 5.74) is 5.72. The summed E-state index contributed by atoms with van der Waals surface area (Å²) < 4.78 is 4.74. The van der Waals surface area contributed by atoms with Gasteiger partial charge >= 0.3 is 5.97 Å². The molecule has 0 fully saturated rings. The molecular formula is C14H22N6O4S. The van der Waals surface area contributed by atoms with Crippen LogP contribution >= 0.6 is 11.3 Å². The molecule has 11 heteroatoms. The molecule has 0 bridgehead atoms. The molecule has 0 radical (unpaired) electrons. The third-order valence-corrected chi connectivity index (χ3v) is 3.91. The van der Waals surface area contributed by atoms with Gasteiger partial charge in [-0.15, -0.1) is 0 Å². The monoisotopic (exact) mass is 370 g/mol. The Morgan fingerprint density at radius 3 is 2.56 bits per heavy atom. The number of hydrogen-bond acceptors (Lipinski definition) is 7. The lowest BCUT2D eigenvalue weighted by Gasteiger charge is -2.06. The van der Waals surface area contributed by atoms with Crippen molar-refractivity contribution in [1.29, 1.82) is 5.41 Å². The van der Waals surface area contributed by atoms with Gasteiger partial charge in [0.25, 0.3) is 5.91 Å². The highest BCUT2D eigenvalue weighted by molar-refractivity contribution is 7.17. The summed E-state index contributed by atoms with van der Waals surface area (Å²) in [6.45, 7) is 4.03. The number of nitrogens with one attached hydrogen (secondary N) is 4. The van der Waals surface area contributed by atoms with Crippen LogP contribution in [0.5, 0.6) is 0 Å². The largest absolute Gasteiger partial charge is 0.466 e. The van der Waals surface area contributed by atoms with Crippen LogP contribution in [0.4, 0.5) is 5.13 Å². The molecular weight excluding hydrogens is 348 g/mol. The SMILES string of the molecule is CCOC(=O)CCNC(=O)CCNC(=O)c1sc(NC(=N)N)nc1C. The average Bonchev–Trinajstić information content (AvgIpc) is 2.87. The molecule has 0 saturated carbocycles. The summed E-state index contributed by atoms with van der Waals surface area (Å²) in [6.07, 6.45) is 0.197. The molecule has 1 heterocycles. The highest BCUT2D eigenvalue weighted by Gasteiger charge is 2.15. The lowest BCUT2D eigenvalue weighted by Crippen LogP contribution is -2.31. The Balaban J connectivity index is 2.32. The minimum atomic E-state index is -0.369. The van der Waals surface area contributed by atoms with E-state index in [1.165, 1.54) is 0 Å². The highest BCUT2D eigenvalue weighted by atomic mass is 32.1. The van der Waals surface area contributed by atoms with Crippen LogP contribution in [0, 0.1) is 12.3 Å². The third-order valence-electron chi connectivity index (χ3n) is 2.84. The molecule has 0 spiro atoms. The van der Waals surface area contributed by atoms with Crippen LogP contribution in [0.1, 0.15) is 35.1 Å². The van der Waals surface area contributed by atoms with E-state index >= 15 is 0 Å². The van der Waals surface area contributed by atoms with Crippen LogP contribution in [0.2, 0.25) is 0 Å². The Morgan fingerprint density at radius 1 is 1.24 bits per heavy atom. The second kappa shape index (κ2) is 10.2. The van der Waals surface area contributed by atoms with Crippen LogP contribution < -0.4 is 21.7 Å². The first kappa shape index (κ1) is 20.4. The van der Waals surface area contributed by atoms with Crippen molar-refractivity contribution in [3.05, 3.63) is 10.6 Å². The molecule has 0 aliphatic rings. The van der Waals surface area contributed by atoms with Crippen LogP contribution in [0.3, 0.4) is 0 Å². The van der Waals surface area contributed by atoms with E-state index in [2.05, 4.69) is 20.9 Å². The van der Waals surface area contributed by atoms with E-state index in [1.54, 1.807) is 13.8 Å². The zero-order valence-corrected chi connectivity index (χ0v) is 14.9. The fraction of sp³-hybridized carbons (Fsp3) is 0.500. The normalized spacial score (nSPS) is 10.0. The summed E-state index contributed by atoms with van der Waals surface area (Å²) in [5, 5.41) is 15.2. The van der Waals surface area contributed by atoms with E-state index < -0.39 is 0 Å². The Labute approximate surface area is 149 Å². The molecule has 25 heavy (non-hydrogen) atoms. The van der Waals surface area contributed by atoms with Gasteiger partial charge in [-0.3, -0.25) is 19.8 Å². The molecule has 0 aliphatic heterocycles. The first-order chi connectivity index (χ1) is 11.8. The van der Waals surface area contributed by atoms with E-state index in [0.29, 0.717) is 22.3 Å². The van der Waals surface area contributed by atoms with Gasteiger partial charge in [-0.1, -0.05) is 11.3 Å². The van der Waals surface area contributed by atoms with Crippen LogP contribution in [-0.2, 0) is 14.3 Å². The number of thiazole rings is 1. The lowest BCUT2D eigenvalue weighted by atomic mass is 10.3. The number of esters is 1. The second-order valence-electron chi connectivity index (χ2n) is 4.88. The van der Waals surface area contributed by atoms with Crippen molar-refractivity contribution in [3.63, 3.8) is 0 Å². The Kier molecular flexibility index (Phi) is 8.33. The number of guanidine groups is 1. The molecule has 0 saturated heterocycles. The van der Waals surface area contributed by atoms with Crippen molar-refractivity contribution in [3.8, 4) is 0 Å². The quantitative estimate of drug-likeness (QED) is 0.231. The lowest BCUT2D eigenvalue weighted by molar-refractivity contribution is -0.143. The molecule has 0 atom stereocenters. The zero-order valence-electron chi connectivity index (χ0n) is 14.1. The number of hydrogen-bond donors (Lipinski definition) is 5. The Morgan fingerprint density at radius 2 is 1.92 bits per heavy atom. The summed E-state index contributed by atoms with van der Waals surface area (Å²) in [4.78, 5) is 39.3.